The first-order valence-electron chi connectivity index (χ1n) is 3.56. The summed E-state index contributed by atoms with van der Waals surface area (Å²) in [5, 5.41) is 0.917. The van der Waals surface area contributed by atoms with Gasteiger partial charge in [-0.3, -0.25) is 0 Å². The molecule has 0 spiro atoms. The largest absolute Gasteiger partial charge is 0.0985 e. The average Bonchev–Trinajstić information content (AvgIpc) is 2.05. The fourth-order valence-electron chi connectivity index (χ4n) is 1.07. The molecule has 0 nitrogen and oxygen atoms in total. The van der Waals surface area contributed by atoms with E-state index in [1.54, 1.807) is 0 Å². The molecule has 1 aromatic carbocycles. The second kappa shape index (κ2) is 3.72. The molecule has 0 saturated carbocycles. The molecular formula is C10H11Br. The highest BCUT2D eigenvalue weighted by Gasteiger charge is 1.97. The number of rotatable bonds is 2. The van der Waals surface area contributed by atoms with Gasteiger partial charge in [-0.15, -0.1) is 0 Å². The maximum Gasteiger partial charge on any atom is 0.0285 e. The van der Waals surface area contributed by atoms with Crippen LogP contribution in [0, 0.1) is 6.92 Å². The molecule has 0 aliphatic carbocycles. The molecule has 0 bridgehead atoms. The van der Waals surface area contributed by atoms with Gasteiger partial charge in [0.15, 0.2) is 0 Å². The lowest BCUT2D eigenvalue weighted by atomic mass is 10.0. The lowest BCUT2D eigenvalue weighted by Gasteiger charge is -2.04. The van der Waals surface area contributed by atoms with Crippen molar-refractivity contribution in [1.29, 1.82) is 0 Å². The van der Waals surface area contributed by atoms with Gasteiger partial charge in [-0.05, 0) is 23.6 Å². The Kier molecular flexibility index (Phi) is 2.89. The summed E-state index contributed by atoms with van der Waals surface area (Å²) in [5.41, 5.74) is 3.88. The minimum atomic E-state index is 0.917. The van der Waals surface area contributed by atoms with Crippen LogP contribution >= 0.6 is 15.9 Å². The Morgan fingerprint density at radius 2 is 2.27 bits per heavy atom. The smallest absolute Gasteiger partial charge is 0.0285 e. The molecule has 0 aromatic heterocycles. The molecular weight excluding hydrogens is 200 g/mol. The molecule has 0 atom stereocenters. The van der Waals surface area contributed by atoms with Gasteiger partial charge >= 0.3 is 0 Å². The third-order valence-corrected chi connectivity index (χ3v) is 2.46. The van der Waals surface area contributed by atoms with E-state index < -0.39 is 0 Å². The van der Waals surface area contributed by atoms with Gasteiger partial charge < -0.3 is 0 Å². The van der Waals surface area contributed by atoms with Gasteiger partial charge in [0.05, 0.1) is 0 Å². The average molecular weight is 211 g/mol. The lowest BCUT2D eigenvalue weighted by Crippen LogP contribution is -1.86. The SMILES string of the molecule is C=Cc1cccc(CBr)c1C. The maximum absolute atomic E-state index is 3.75. The fraction of sp³-hybridized carbons (Fsp3) is 0.200. The number of halogens is 1. The molecule has 0 aliphatic heterocycles. The van der Waals surface area contributed by atoms with Crippen molar-refractivity contribution >= 4 is 22.0 Å². The third-order valence-electron chi connectivity index (χ3n) is 1.85. The number of benzene rings is 1. The highest BCUT2D eigenvalue weighted by Crippen LogP contribution is 2.16. The van der Waals surface area contributed by atoms with Crippen LogP contribution in [-0.2, 0) is 5.33 Å². The molecule has 0 N–H and O–H groups in total. The van der Waals surface area contributed by atoms with Crippen LogP contribution in [-0.4, -0.2) is 0 Å². The van der Waals surface area contributed by atoms with Crippen LogP contribution in [0.3, 0.4) is 0 Å². The van der Waals surface area contributed by atoms with Crippen molar-refractivity contribution in [1.82, 2.24) is 0 Å². The van der Waals surface area contributed by atoms with Crippen molar-refractivity contribution in [2.45, 2.75) is 12.3 Å². The van der Waals surface area contributed by atoms with E-state index in [1.807, 2.05) is 6.08 Å². The molecule has 1 rings (SSSR count). The molecule has 1 aromatic rings. The summed E-state index contributed by atoms with van der Waals surface area (Å²) in [6.07, 6.45) is 1.89. The summed E-state index contributed by atoms with van der Waals surface area (Å²) >= 11 is 3.44. The molecule has 0 radical (unpaired) electrons. The Balaban J connectivity index is 3.20. The van der Waals surface area contributed by atoms with Gasteiger partial charge in [-0.25, -0.2) is 0 Å². The molecule has 0 heterocycles. The first kappa shape index (κ1) is 8.54. The van der Waals surface area contributed by atoms with Crippen molar-refractivity contribution in [3.8, 4) is 0 Å². The molecule has 0 amide bonds. The minimum Gasteiger partial charge on any atom is -0.0985 e. The normalized spacial score (nSPS) is 9.64. The summed E-state index contributed by atoms with van der Waals surface area (Å²) < 4.78 is 0. The molecule has 0 aliphatic rings. The predicted molar refractivity (Wildman–Crippen MR) is 53.9 cm³/mol. The molecule has 11 heavy (non-hydrogen) atoms. The van der Waals surface area contributed by atoms with E-state index in [4.69, 9.17) is 0 Å². The van der Waals surface area contributed by atoms with E-state index in [2.05, 4.69) is 47.6 Å². The van der Waals surface area contributed by atoms with Crippen LogP contribution in [0.15, 0.2) is 24.8 Å². The van der Waals surface area contributed by atoms with Gasteiger partial charge in [0.25, 0.3) is 0 Å². The van der Waals surface area contributed by atoms with Crippen LogP contribution in [0.25, 0.3) is 6.08 Å². The topological polar surface area (TPSA) is 0 Å². The monoisotopic (exact) mass is 210 g/mol. The first-order chi connectivity index (χ1) is 5.29. The zero-order chi connectivity index (χ0) is 8.27. The lowest BCUT2D eigenvalue weighted by molar-refractivity contribution is 1.31. The Morgan fingerprint density at radius 3 is 2.82 bits per heavy atom. The van der Waals surface area contributed by atoms with Crippen molar-refractivity contribution in [3.63, 3.8) is 0 Å². The molecule has 58 valence electrons. The first-order valence-corrected chi connectivity index (χ1v) is 4.68. The zero-order valence-corrected chi connectivity index (χ0v) is 8.19. The maximum atomic E-state index is 3.75. The quantitative estimate of drug-likeness (QED) is 0.656. The van der Waals surface area contributed by atoms with Crippen LogP contribution in [0.1, 0.15) is 16.7 Å². The van der Waals surface area contributed by atoms with Crippen molar-refractivity contribution in [2.75, 3.05) is 0 Å². The van der Waals surface area contributed by atoms with E-state index in [1.165, 1.54) is 16.7 Å². The summed E-state index contributed by atoms with van der Waals surface area (Å²) in [4.78, 5) is 0. The Bertz CT molecular complexity index is 264. The predicted octanol–water partition coefficient (Wildman–Crippen LogP) is 3.53. The highest BCUT2D eigenvalue weighted by molar-refractivity contribution is 9.08. The Labute approximate surface area is 76.1 Å². The molecule has 0 fully saturated rings. The minimum absolute atomic E-state index is 0.917. The van der Waals surface area contributed by atoms with E-state index in [0.717, 1.165) is 5.33 Å². The van der Waals surface area contributed by atoms with Gasteiger partial charge in [0.2, 0.25) is 0 Å². The third kappa shape index (κ3) is 1.72. The number of hydrogen-bond donors (Lipinski definition) is 0. The van der Waals surface area contributed by atoms with Crippen LogP contribution in [0.5, 0.6) is 0 Å². The van der Waals surface area contributed by atoms with Crippen molar-refractivity contribution in [2.24, 2.45) is 0 Å². The summed E-state index contributed by atoms with van der Waals surface area (Å²) in [6.45, 7) is 5.87. The Morgan fingerprint density at radius 1 is 1.55 bits per heavy atom. The van der Waals surface area contributed by atoms with Gasteiger partial charge in [0.1, 0.15) is 0 Å². The van der Waals surface area contributed by atoms with Crippen LogP contribution in [0.4, 0.5) is 0 Å². The fourth-order valence-corrected chi connectivity index (χ4v) is 1.68. The zero-order valence-electron chi connectivity index (χ0n) is 6.60. The van der Waals surface area contributed by atoms with E-state index in [-0.39, 0.29) is 0 Å². The van der Waals surface area contributed by atoms with E-state index in [9.17, 15) is 0 Å². The van der Waals surface area contributed by atoms with Crippen molar-refractivity contribution in [3.05, 3.63) is 41.5 Å². The molecule has 0 saturated heterocycles. The second-order valence-corrected chi connectivity index (χ2v) is 3.03. The summed E-state index contributed by atoms with van der Waals surface area (Å²) in [7, 11) is 0. The van der Waals surface area contributed by atoms with Crippen molar-refractivity contribution < 1.29 is 0 Å². The van der Waals surface area contributed by atoms with Crippen LogP contribution < -0.4 is 0 Å². The van der Waals surface area contributed by atoms with E-state index >= 15 is 0 Å². The summed E-state index contributed by atoms with van der Waals surface area (Å²) in [6, 6.07) is 6.26. The van der Waals surface area contributed by atoms with Crippen LogP contribution in [0.2, 0.25) is 0 Å². The summed E-state index contributed by atoms with van der Waals surface area (Å²) in [5.74, 6) is 0. The number of alkyl halides is 1. The van der Waals surface area contributed by atoms with E-state index in [0.29, 0.717) is 0 Å². The highest BCUT2D eigenvalue weighted by atomic mass is 79.9. The standard InChI is InChI=1S/C10H11Br/c1-3-9-5-4-6-10(7-11)8(9)2/h3-6H,1,7H2,2H3. The van der Waals surface area contributed by atoms with Gasteiger partial charge in [0, 0.05) is 5.33 Å². The van der Waals surface area contributed by atoms with Gasteiger partial charge in [-0.2, -0.15) is 0 Å². The Hall–Kier alpha value is -0.560. The van der Waals surface area contributed by atoms with Gasteiger partial charge in [-0.1, -0.05) is 46.8 Å². The number of hydrogen-bond acceptors (Lipinski definition) is 0. The second-order valence-electron chi connectivity index (χ2n) is 2.47. The molecule has 1 heteroatoms. The molecule has 0 unspecified atom stereocenters.